The number of unbranched alkanes of at least 4 members (excludes halogenated alkanes) is 1. The van der Waals surface area contributed by atoms with Gasteiger partial charge in [-0.25, -0.2) is 0 Å². The van der Waals surface area contributed by atoms with Crippen molar-refractivity contribution >= 4 is 11.6 Å². The Bertz CT molecular complexity index is 326. The molecule has 0 spiro atoms. The van der Waals surface area contributed by atoms with Crippen molar-refractivity contribution in [2.75, 3.05) is 0 Å². The van der Waals surface area contributed by atoms with Gasteiger partial charge in [0, 0.05) is 6.20 Å². The Morgan fingerprint density at radius 3 is 2.67 bits per heavy atom. The van der Waals surface area contributed by atoms with Crippen molar-refractivity contribution in [1.29, 1.82) is 0 Å². The Kier molecular flexibility index (Phi) is 7.25. The molecule has 0 saturated heterocycles. The molecule has 3 N–H and O–H groups in total. The fraction of sp³-hybridized carbons (Fsp3) is 0.643. The average Bonchev–Trinajstić information content (AvgIpc) is 2.40. The van der Waals surface area contributed by atoms with Gasteiger partial charge in [0.15, 0.2) is 0 Å². The number of rotatable bonds is 8. The number of nitrogens with two attached hydrogens (primary N) is 1. The molecule has 1 aromatic heterocycles. The zero-order valence-electron chi connectivity index (χ0n) is 11.3. The summed E-state index contributed by atoms with van der Waals surface area (Å²) in [4.78, 5) is 4.34. The number of pyridine rings is 1. The van der Waals surface area contributed by atoms with Crippen LogP contribution in [0.1, 0.15) is 57.7 Å². The van der Waals surface area contributed by atoms with E-state index in [-0.39, 0.29) is 6.04 Å². The lowest BCUT2D eigenvalue weighted by molar-refractivity contribution is 0.352. The first-order chi connectivity index (χ1) is 8.71. The molecule has 2 atom stereocenters. The highest BCUT2D eigenvalue weighted by atomic mass is 35.5. The molecule has 0 aromatic carbocycles. The van der Waals surface area contributed by atoms with Crippen LogP contribution >= 0.6 is 11.6 Å². The van der Waals surface area contributed by atoms with Crippen LogP contribution in [0.2, 0.25) is 5.02 Å². The maximum atomic E-state index is 5.85. The monoisotopic (exact) mass is 269 g/mol. The lowest BCUT2D eigenvalue weighted by Crippen LogP contribution is -2.30. The van der Waals surface area contributed by atoms with Crippen LogP contribution in [0.3, 0.4) is 0 Å². The van der Waals surface area contributed by atoms with Crippen molar-refractivity contribution < 1.29 is 0 Å². The highest BCUT2D eigenvalue weighted by molar-refractivity contribution is 6.30. The van der Waals surface area contributed by atoms with Gasteiger partial charge in [0.2, 0.25) is 0 Å². The molecule has 0 aliphatic heterocycles. The molecule has 0 aliphatic rings. The van der Waals surface area contributed by atoms with Crippen LogP contribution in [0.4, 0.5) is 0 Å². The molecule has 102 valence electrons. The van der Waals surface area contributed by atoms with E-state index in [1.54, 1.807) is 6.20 Å². The van der Waals surface area contributed by atoms with E-state index < -0.39 is 0 Å². The molecular formula is C14H24ClN3. The molecule has 3 nitrogen and oxygen atoms in total. The molecule has 0 aliphatic carbocycles. The summed E-state index contributed by atoms with van der Waals surface area (Å²) in [5, 5.41) is 0.660. The topological polar surface area (TPSA) is 50.9 Å². The molecule has 0 saturated carbocycles. The van der Waals surface area contributed by atoms with Crippen LogP contribution in [0.25, 0.3) is 0 Å². The number of hydrogen-bond acceptors (Lipinski definition) is 3. The van der Waals surface area contributed by atoms with Gasteiger partial charge >= 0.3 is 0 Å². The zero-order chi connectivity index (χ0) is 13.4. The molecule has 0 amide bonds. The van der Waals surface area contributed by atoms with E-state index in [2.05, 4.69) is 24.3 Å². The van der Waals surface area contributed by atoms with Crippen molar-refractivity contribution in [3.05, 3.63) is 29.0 Å². The van der Waals surface area contributed by atoms with Crippen LogP contribution in [-0.4, -0.2) is 4.98 Å². The Morgan fingerprint density at radius 2 is 2.17 bits per heavy atom. The fourth-order valence-corrected chi connectivity index (χ4v) is 2.29. The van der Waals surface area contributed by atoms with Crippen molar-refractivity contribution in [2.24, 2.45) is 11.8 Å². The summed E-state index contributed by atoms with van der Waals surface area (Å²) < 4.78 is 0. The van der Waals surface area contributed by atoms with Crippen molar-refractivity contribution in [3.63, 3.8) is 0 Å². The maximum Gasteiger partial charge on any atom is 0.0634 e. The molecule has 4 heteroatoms. The first-order valence-corrected chi connectivity index (χ1v) is 7.16. The van der Waals surface area contributed by atoms with Crippen molar-refractivity contribution in [1.82, 2.24) is 10.4 Å². The van der Waals surface area contributed by atoms with E-state index in [1.807, 2.05) is 12.1 Å². The predicted molar refractivity (Wildman–Crippen MR) is 77.2 cm³/mol. The van der Waals surface area contributed by atoms with Crippen LogP contribution < -0.4 is 11.3 Å². The van der Waals surface area contributed by atoms with E-state index in [0.29, 0.717) is 10.9 Å². The summed E-state index contributed by atoms with van der Waals surface area (Å²) in [6, 6.07) is 3.92. The highest BCUT2D eigenvalue weighted by Crippen LogP contribution is 2.25. The van der Waals surface area contributed by atoms with Gasteiger partial charge in [-0.05, 0) is 24.5 Å². The SMILES string of the molecule is CCCCC(CC)CC(NN)c1ccc(Cl)cn1. The number of nitrogens with zero attached hydrogens (tertiary/aromatic N) is 1. The predicted octanol–water partition coefficient (Wildman–Crippen LogP) is 3.85. The second-order valence-electron chi connectivity index (χ2n) is 4.77. The van der Waals surface area contributed by atoms with E-state index in [1.165, 1.54) is 25.7 Å². The van der Waals surface area contributed by atoms with Gasteiger partial charge in [-0.1, -0.05) is 51.1 Å². The Labute approximate surface area is 115 Å². The number of halogens is 1. The third-order valence-corrected chi connectivity index (χ3v) is 3.64. The van der Waals surface area contributed by atoms with Crippen LogP contribution in [0.5, 0.6) is 0 Å². The van der Waals surface area contributed by atoms with E-state index in [9.17, 15) is 0 Å². The molecule has 0 fully saturated rings. The van der Waals surface area contributed by atoms with Gasteiger partial charge in [0.25, 0.3) is 0 Å². The summed E-state index contributed by atoms with van der Waals surface area (Å²) in [7, 11) is 0. The van der Waals surface area contributed by atoms with Gasteiger partial charge in [-0.15, -0.1) is 0 Å². The Morgan fingerprint density at radius 1 is 1.39 bits per heavy atom. The second kappa shape index (κ2) is 8.46. The van der Waals surface area contributed by atoms with Crippen molar-refractivity contribution in [2.45, 2.75) is 52.0 Å². The quantitative estimate of drug-likeness (QED) is 0.557. The summed E-state index contributed by atoms with van der Waals surface area (Å²) in [6.07, 6.45) is 7.68. The Balaban J connectivity index is 2.62. The minimum atomic E-state index is 0.115. The maximum absolute atomic E-state index is 5.85. The first kappa shape index (κ1) is 15.4. The lowest BCUT2D eigenvalue weighted by Gasteiger charge is -2.21. The summed E-state index contributed by atoms with van der Waals surface area (Å²) in [6.45, 7) is 4.47. The molecule has 2 unspecified atom stereocenters. The number of aromatic nitrogens is 1. The van der Waals surface area contributed by atoms with Gasteiger partial charge in [-0.2, -0.15) is 0 Å². The lowest BCUT2D eigenvalue weighted by atomic mass is 9.91. The summed E-state index contributed by atoms with van der Waals surface area (Å²) in [5.41, 5.74) is 3.84. The first-order valence-electron chi connectivity index (χ1n) is 6.78. The van der Waals surface area contributed by atoms with Gasteiger partial charge in [0.1, 0.15) is 0 Å². The minimum Gasteiger partial charge on any atom is -0.271 e. The van der Waals surface area contributed by atoms with Crippen LogP contribution in [-0.2, 0) is 0 Å². The Hall–Kier alpha value is -0.640. The van der Waals surface area contributed by atoms with Crippen LogP contribution in [0.15, 0.2) is 18.3 Å². The summed E-state index contributed by atoms with van der Waals surface area (Å²) in [5.74, 6) is 6.35. The van der Waals surface area contributed by atoms with Gasteiger partial charge in [-0.3, -0.25) is 16.3 Å². The highest BCUT2D eigenvalue weighted by Gasteiger charge is 2.16. The van der Waals surface area contributed by atoms with Gasteiger partial charge < -0.3 is 0 Å². The number of nitrogens with one attached hydrogen (secondary N) is 1. The number of hydrogen-bond donors (Lipinski definition) is 2. The van der Waals surface area contributed by atoms with E-state index >= 15 is 0 Å². The zero-order valence-corrected chi connectivity index (χ0v) is 12.1. The second-order valence-corrected chi connectivity index (χ2v) is 5.21. The molecule has 1 aromatic rings. The fourth-order valence-electron chi connectivity index (χ4n) is 2.18. The van der Waals surface area contributed by atoms with Gasteiger partial charge in [0.05, 0.1) is 16.8 Å². The number of hydrazine groups is 1. The minimum absolute atomic E-state index is 0.115. The molecule has 0 radical (unpaired) electrons. The normalized spacial score (nSPS) is 14.4. The molecule has 18 heavy (non-hydrogen) atoms. The molecular weight excluding hydrogens is 246 g/mol. The van der Waals surface area contributed by atoms with E-state index in [4.69, 9.17) is 17.4 Å². The molecule has 1 heterocycles. The smallest absolute Gasteiger partial charge is 0.0634 e. The molecule has 1 rings (SSSR count). The average molecular weight is 270 g/mol. The largest absolute Gasteiger partial charge is 0.271 e. The van der Waals surface area contributed by atoms with Crippen LogP contribution in [0, 0.1) is 5.92 Å². The van der Waals surface area contributed by atoms with E-state index in [0.717, 1.165) is 12.1 Å². The van der Waals surface area contributed by atoms with Crippen molar-refractivity contribution in [3.8, 4) is 0 Å². The molecule has 0 bridgehead atoms. The standard InChI is InChI=1S/C14H24ClN3/c1-3-5-6-11(4-2)9-14(18-16)13-8-7-12(15)10-17-13/h7-8,10-11,14,18H,3-6,9,16H2,1-2H3. The third-order valence-electron chi connectivity index (χ3n) is 3.42. The third kappa shape index (κ3) is 4.92. The summed E-state index contributed by atoms with van der Waals surface area (Å²) >= 11 is 5.85.